The molecule has 0 aliphatic carbocycles. The van der Waals surface area contributed by atoms with Gasteiger partial charge < -0.3 is 18.8 Å². The summed E-state index contributed by atoms with van der Waals surface area (Å²) in [6, 6.07) is 10.4. The molecule has 35 heavy (non-hydrogen) atoms. The van der Waals surface area contributed by atoms with Gasteiger partial charge in [-0.05, 0) is 39.8 Å². The van der Waals surface area contributed by atoms with Crippen molar-refractivity contribution in [2.75, 3.05) is 31.7 Å². The largest absolute Gasteiger partial charge is 0.496 e. The van der Waals surface area contributed by atoms with Gasteiger partial charge in [0.1, 0.15) is 17.6 Å². The summed E-state index contributed by atoms with van der Waals surface area (Å²) < 4.78 is 18.9. The molecule has 2 aromatic heterocycles. The Morgan fingerprint density at radius 2 is 1.94 bits per heavy atom. The lowest BCUT2D eigenvalue weighted by Gasteiger charge is -2.25. The summed E-state index contributed by atoms with van der Waals surface area (Å²) in [5, 5.41) is 0. The van der Waals surface area contributed by atoms with Crippen LogP contribution in [0.25, 0.3) is 6.08 Å². The van der Waals surface area contributed by atoms with Gasteiger partial charge in [0.05, 0.1) is 29.5 Å². The summed E-state index contributed by atoms with van der Waals surface area (Å²) in [5.74, 6) is 1.39. The molecule has 9 heteroatoms. The summed E-state index contributed by atoms with van der Waals surface area (Å²) in [6.45, 7) is 9.48. The van der Waals surface area contributed by atoms with Crippen LogP contribution in [0.3, 0.4) is 0 Å². The van der Waals surface area contributed by atoms with E-state index in [1.807, 2.05) is 30.3 Å². The molecule has 0 N–H and O–H groups in total. The van der Waals surface area contributed by atoms with Crippen molar-refractivity contribution in [1.82, 2.24) is 4.57 Å². The number of thiazole rings is 1. The first-order valence-corrected chi connectivity index (χ1v) is 12.4. The highest BCUT2D eigenvalue weighted by atomic mass is 32.1. The van der Waals surface area contributed by atoms with E-state index in [0.717, 1.165) is 19.0 Å². The first kappa shape index (κ1) is 24.5. The van der Waals surface area contributed by atoms with E-state index in [0.29, 0.717) is 37.7 Å². The van der Waals surface area contributed by atoms with E-state index < -0.39 is 12.0 Å². The smallest absolute Gasteiger partial charge is 0.338 e. The summed E-state index contributed by atoms with van der Waals surface area (Å²) in [7, 11) is 1.56. The average Bonchev–Trinajstić information content (AvgIpc) is 3.43. The number of rotatable bonds is 8. The highest BCUT2D eigenvalue weighted by Gasteiger charge is 2.34. The molecule has 0 radical (unpaired) electrons. The molecule has 0 amide bonds. The van der Waals surface area contributed by atoms with Crippen LogP contribution >= 0.6 is 11.3 Å². The Morgan fingerprint density at radius 3 is 2.63 bits per heavy atom. The van der Waals surface area contributed by atoms with Gasteiger partial charge >= 0.3 is 5.97 Å². The van der Waals surface area contributed by atoms with Crippen molar-refractivity contribution in [3.8, 4) is 5.75 Å². The second-order valence-electron chi connectivity index (χ2n) is 7.89. The van der Waals surface area contributed by atoms with Gasteiger partial charge in [0, 0.05) is 30.8 Å². The summed E-state index contributed by atoms with van der Waals surface area (Å²) >= 11 is 1.26. The second kappa shape index (κ2) is 10.4. The fourth-order valence-corrected chi connectivity index (χ4v) is 5.26. The zero-order valence-electron chi connectivity index (χ0n) is 20.5. The van der Waals surface area contributed by atoms with Gasteiger partial charge in [0.25, 0.3) is 5.56 Å². The van der Waals surface area contributed by atoms with Crippen LogP contribution in [0.1, 0.15) is 45.1 Å². The fraction of sp³-hybridized carbons (Fsp3) is 0.346. The van der Waals surface area contributed by atoms with E-state index in [9.17, 15) is 9.59 Å². The third-order valence-corrected chi connectivity index (χ3v) is 6.89. The number of allylic oxidation sites excluding steroid dienone is 1. The number of carbonyl (C=O) groups excluding carboxylic acids is 1. The third-order valence-electron chi connectivity index (χ3n) is 5.91. The number of para-hydroxylation sites is 1. The van der Waals surface area contributed by atoms with Crippen LogP contribution in [0.4, 0.5) is 5.88 Å². The van der Waals surface area contributed by atoms with Gasteiger partial charge in [-0.1, -0.05) is 29.5 Å². The summed E-state index contributed by atoms with van der Waals surface area (Å²) in [4.78, 5) is 33.9. The van der Waals surface area contributed by atoms with Crippen LogP contribution in [0.2, 0.25) is 0 Å². The number of hydrogen-bond donors (Lipinski definition) is 0. The second-order valence-corrected chi connectivity index (χ2v) is 8.90. The first-order chi connectivity index (χ1) is 16.9. The predicted octanol–water partition coefficient (Wildman–Crippen LogP) is 3.25. The normalized spacial score (nSPS) is 15.6. The monoisotopic (exact) mass is 495 g/mol. The van der Waals surface area contributed by atoms with Gasteiger partial charge in [-0.3, -0.25) is 9.36 Å². The average molecular weight is 496 g/mol. The zero-order chi connectivity index (χ0) is 25.1. The number of carbonyl (C=O) groups is 1. The summed E-state index contributed by atoms with van der Waals surface area (Å²) in [6.07, 6.45) is 1.72. The Bertz CT molecular complexity index is 1440. The van der Waals surface area contributed by atoms with Crippen LogP contribution in [0.5, 0.6) is 5.75 Å². The molecule has 1 aliphatic rings. The lowest BCUT2D eigenvalue weighted by Crippen LogP contribution is -2.40. The van der Waals surface area contributed by atoms with E-state index in [2.05, 4.69) is 23.7 Å². The molecule has 3 aromatic rings. The third kappa shape index (κ3) is 4.55. The van der Waals surface area contributed by atoms with Gasteiger partial charge in [0.2, 0.25) is 0 Å². The molecule has 1 aromatic carbocycles. The van der Waals surface area contributed by atoms with E-state index in [4.69, 9.17) is 13.9 Å². The molecule has 0 saturated heterocycles. The molecule has 1 aliphatic heterocycles. The molecule has 1 atom stereocenters. The summed E-state index contributed by atoms with van der Waals surface area (Å²) in [5.41, 5.74) is 1.24. The number of fused-ring (bicyclic) bond motifs is 1. The lowest BCUT2D eigenvalue weighted by molar-refractivity contribution is -0.139. The van der Waals surface area contributed by atoms with Crippen LogP contribution in [-0.4, -0.2) is 37.3 Å². The van der Waals surface area contributed by atoms with Crippen molar-refractivity contribution in [2.45, 2.75) is 33.7 Å². The van der Waals surface area contributed by atoms with E-state index in [1.165, 1.54) is 11.3 Å². The maximum Gasteiger partial charge on any atom is 0.338 e. The number of ether oxygens (including phenoxy) is 2. The fourth-order valence-electron chi connectivity index (χ4n) is 4.23. The number of aromatic nitrogens is 1. The number of nitrogens with zero attached hydrogens (tertiary/aromatic N) is 3. The van der Waals surface area contributed by atoms with Crippen molar-refractivity contribution < 1.29 is 18.7 Å². The van der Waals surface area contributed by atoms with Gasteiger partial charge in [0.15, 0.2) is 10.7 Å². The number of benzene rings is 1. The molecule has 184 valence electrons. The van der Waals surface area contributed by atoms with E-state index in [-0.39, 0.29) is 12.2 Å². The molecule has 3 heterocycles. The van der Waals surface area contributed by atoms with Crippen molar-refractivity contribution in [3.63, 3.8) is 0 Å². The number of anilines is 1. The van der Waals surface area contributed by atoms with E-state index in [1.54, 1.807) is 37.7 Å². The minimum atomic E-state index is -0.730. The maximum absolute atomic E-state index is 13.7. The van der Waals surface area contributed by atoms with E-state index >= 15 is 0 Å². The predicted molar refractivity (Wildman–Crippen MR) is 136 cm³/mol. The van der Waals surface area contributed by atoms with Crippen molar-refractivity contribution in [2.24, 2.45) is 4.99 Å². The highest BCUT2D eigenvalue weighted by Crippen LogP contribution is 2.35. The van der Waals surface area contributed by atoms with Gasteiger partial charge in [-0.15, -0.1) is 0 Å². The Morgan fingerprint density at radius 1 is 1.20 bits per heavy atom. The van der Waals surface area contributed by atoms with Crippen molar-refractivity contribution in [3.05, 3.63) is 78.7 Å². The van der Waals surface area contributed by atoms with Crippen LogP contribution in [0, 0.1) is 0 Å². The van der Waals surface area contributed by atoms with Crippen molar-refractivity contribution in [1.29, 1.82) is 0 Å². The zero-order valence-corrected chi connectivity index (χ0v) is 21.3. The SMILES string of the molecule is CCOC(=O)C1=C(C)N=c2s/c(=C\c3ccc(N(CC)CC)o3)c(=O)n2C1c1ccccc1OC. The molecule has 0 bridgehead atoms. The molecular formula is C26H29N3O5S. The number of esters is 1. The maximum atomic E-state index is 13.7. The molecule has 0 fully saturated rings. The Labute approximate surface area is 207 Å². The minimum Gasteiger partial charge on any atom is -0.496 e. The Hall–Kier alpha value is -3.59. The van der Waals surface area contributed by atoms with Gasteiger partial charge in [-0.25, -0.2) is 9.79 Å². The highest BCUT2D eigenvalue weighted by molar-refractivity contribution is 7.07. The number of hydrogen-bond acceptors (Lipinski definition) is 8. The van der Waals surface area contributed by atoms with Crippen LogP contribution < -0.4 is 24.5 Å². The van der Waals surface area contributed by atoms with Crippen LogP contribution in [0.15, 0.2) is 61.9 Å². The topological polar surface area (TPSA) is 86.3 Å². The Kier molecular flexibility index (Phi) is 7.25. The molecule has 0 spiro atoms. The quantitative estimate of drug-likeness (QED) is 0.446. The molecular weight excluding hydrogens is 466 g/mol. The molecule has 0 saturated carbocycles. The molecule has 4 rings (SSSR count). The Balaban J connectivity index is 1.91. The lowest BCUT2D eigenvalue weighted by atomic mass is 9.95. The van der Waals surface area contributed by atoms with Crippen molar-refractivity contribution >= 4 is 29.3 Å². The number of methoxy groups -OCH3 is 1. The first-order valence-electron chi connectivity index (χ1n) is 11.6. The molecule has 8 nitrogen and oxygen atoms in total. The van der Waals surface area contributed by atoms with Gasteiger partial charge in [-0.2, -0.15) is 0 Å². The standard InChI is InChI=1S/C26H29N3O5S/c1-6-28(7-2)21-14-13-17(34-21)15-20-24(30)29-23(18-11-9-10-12-19(18)32-5)22(25(31)33-8-3)16(4)27-26(29)35-20/h9-15,23H,6-8H2,1-5H3/b20-15-. The van der Waals surface area contributed by atoms with Crippen LogP contribution in [-0.2, 0) is 9.53 Å². The number of furan rings is 1. The molecule has 1 unspecified atom stereocenters. The minimum absolute atomic E-state index is 0.214.